The number of ether oxygens (including phenoxy) is 4. The molecule has 1 aliphatic heterocycles. The van der Waals surface area contributed by atoms with Crippen LogP contribution in [-0.4, -0.2) is 99.5 Å². The molecule has 17 nitrogen and oxygen atoms in total. The van der Waals surface area contributed by atoms with Crippen molar-refractivity contribution in [1.82, 2.24) is 29.7 Å². The van der Waals surface area contributed by atoms with Crippen molar-refractivity contribution in [2.24, 2.45) is 11.8 Å². The van der Waals surface area contributed by atoms with Gasteiger partial charge in [-0.3, -0.25) is 18.7 Å². The Hall–Kier alpha value is -2.92. The Morgan fingerprint density at radius 3 is 2.11 bits per heavy atom. The van der Waals surface area contributed by atoms with Gasteiger partial charge in [-0.2, -0.15) is 9.97 Å². The third kappa shape index (κ3) is 8.02. The minimum Gasteiger partial charge on any atom is -0.479 e. The van der Waals surface area contributed by atoms with Crippen LogP contribution in [0.15, 0.2) is 6.33 Å². The zero-order valence-electron chi connectivity index (χ0n) is 26.2. The number of rotatable bonds is 15. The summed E-state index contributed by atoms with van der Waals surface area (Å²) in [6.07, 6.45) is -2.26. The minimum absolute atomic E-state index is 0.00978. The van der Waals surface area contributed by atoms with Crippen molar-refractivity contribution in [3.05, 3.63) is 6.33 Å². The van der Waals surface area contributed by atoms with E-state index in [4.69, 9.17) is 29.2 Å². The number of aromatic nitrogens is 4. The number of anilines is 1. The number of methoxy groups -OCH3 is 3. The zero-order chi connectivity index (χ0) is 33.0. The molecular weight excluding hydrogens is 601 g/mol. The van der Waals surface area contributed by atoms with Crippen LogP contribution >= 0.6 is 7.67 Å². The quantitative estimate of drug-likeness (QED) is 0.134. The fraction of sp³-hybridized carbons (Fsp3) is 0.731. The van der Waals surface area contributed by atoms with Gasteiger partial charge < -0.3 is 39.4 Å². The van der Waals surface area contributed by atoms with Gasteiger partial charge in [0.1, 0.15) is 29.9 Å². The average molecular weight is 646 g/mol. The van der Waals surface area contributed by atoms with Gasteiger partial charge in [-0.15, -0.1) is 0 Å². The molecule has 44 heavy (non-hydrogen) atoms. The van der Waals surface area contributed by atoms with E-state index in [1.54, 1.807) is 0 Å². The SMILES string of the molecule is COC(=O)C(CC(C)C)NP(=O)(NC(CC(C)C)C(=O)OC)OC[C@H]1O[C@@H](n2cnc3c(OC)nc(N)nc32)C(C)(O)C1O. The number of fused-ring (bicyclic) bond motifs is 1. The molecule has 248 valence electrons. The van der Waals surface area contributed by atoms with Crippen LogP contribution in [-0.2, 0) is 32.9 Å². The van der Waals surface area contributed by atoms with Crippen LogP contribution in [0.25, 0.3) is 11.2 Å². The largest absolute Gasteiger partial charge is 0.479 e. The number of aliphatic hydroxyl groups is 2. The van der Waals surface area contributed by atoms with Crippen molar-refractivity contribution in [2.75, 3.05) is 33.7 Å². The molecule has 0 aliphatic carbocycles. The number of carbonyl (C=O) groups excluding carboxylic acids is 2. The lowest BCUT2D eigenvalue weighted by molar-refractivity contribution is -0.143. The second-order valence-corrected chi connectivity index (χ2v) is 13.5. The first kappa shape index (κ1) is 35.6. The smallest absolute Gasteiger partial charge is 0.342 e. The summed E-state index contributed by atoms with van der Waals surface area (Å²) < 4.78 is 42.6. The van der Waals surface area contributed by atoms with E-state index in [1.165, 1.54) is 39.1 Å². The van der Waals surface area contributed by atoms with Crippen molar-refractivity contribution in [1.29, 1.82) is 0 Å². The maximum absolute atomic E-state index is 14.3. The van der Waals surface area contributed by atoms with E-state index in [9.17, 15) is 24.4 Å². The second kappa shape index (κ2) is 14.5. The van der Waals surface area contributed by atoms with Crippen molar-refractivity contribution in [3.8, 4) is 5.88 Å². The summed E-state index contributed by atoms with van der Waals surface area (Å²) >= 11 is 0. The molecule has 3 heterocycles. The zero-order valence-corrected chi connectivity index (χ0v) is 27.1. The van der Waals surface area contributed by atoms with Crippen LogP contribution in [0.3, 0.4) is 0 Å². The number of carbonyl (C=O) groups is 2. The lowest BCUT2D eigenvalue weighted by atomic mass is 9.96. The number of nitrogens with two attached hydrogens (primary N) is 1. The van der Waals surface area contributed by atoms with E-state index in [2.05, 4.69) is 25.1 Å². The highest BCUT2D eigenvalue weighted by atomic mass is 31.2. The Bertz CT molecular complexity index is 1320. The van der Waals surface area contributed by atoms with Gasteiger partial charge in [0.2, 0.25) is 11.8 Å². The highest BCUT2D eigenvalue weighted by molar-refractivity contribution is 7.54. The van der Waals surface area contributed by atoms with Gasteiger partial charge in [0, 0.05) is 0 Å². The molecule has 0 saturated carbocycles. The standard InChI is InChI=1S/C26H44N7O10P/c1-13(2)9-15(22(35)40-7)31-44(38,32-16(10-14(3)4)23(36)41-8)42-11-17-19(34)26(5,37)24(43-17)33-12-28-18-20(33)29-25(27)30-21(18)39-6/h12-17,19,24,34,37H,9-11H2,1-8H3,(H2,27,29,30)(H2,31,32,38)/t15?,16?,17-,19?,24-,26?,44?/m1/s1. The first-order valence-corrected chi connectivity index (χ1v) is 15.7. The molecule has 4 unspecified atom stereocenters. The van der Waals surface area contributed by atoms with Gasteiger partial charge >= 0.3 is 19.6 Å². The Kier molecular flexibility index (Phi) is 11.7. The number of hydrogen-bond acceptors (Lipinski definition) is 14. The molecule has 0 radical (unpaired) electrons. The van der Waals surface area contributed by atoms with Crippen LogP contribution in [0, 0.1) is 11.8 Å². The fourth-order valence-electron chi connectivity index (χ4n) is 4.93. The van der Waals surface area contributed by atoms with Gasteiger partial charge in [0.05, 0.1) is 34.3 Å². The molecule has 3 rings (SSSR count). The summed E-state index contributed by atoms with van der Waals surface area (Å²) in [5, 5.41) is 27.9. The molecule has 1 saturated heterocycles. The summed E-state index contributed by atoms with van der Waals surface area (Å²) in [5.74, 6) is -1.41. The number of esters is 2. The van der Waals surface area contributed by atoms with Gasteiger partial charge in [-0.05, 0) is 31.6 Å². The number of nitrogens with zero attached hydrogens (tertiary/aromatic N) is 4. The molecule has 0 amide bonds. The first-order valence-electron chi connectivity index (χ1n) is 14.1. The van der Waals surface area contributed by atoms with Crippen LogP contribution < -0.4 is 20.6 Å². The predicted octanol–water partition coefficient (Wildman–Crippen LogP) is 0.906. The van der Waals surface area contributed by atoms with E-state index in [0.717, 1.165) is 0 Å². The number of hydrogen-bond donors (Lipinski definition) is 5. The Balaban J connectivity index is 1.93. The summed E-state index contributed by atoms with van der Waals surface area (Å²) in [6, 6.07) is -2.14. The van der Waals surface area contributed by atoms with Gasteiger partial charge in [-0.25, -0.2) is 15.2 Å². The first-order chi connectivity index (χ1) is 20.6. The number of nitrogen functional groups attached to an aromatic ring is 1. The molecule has 6 atom stereocenters. The molecular formula is C26H44N7O10P. The Labute approximate surface area is 255 Å². The molecule has 2 aromatic rings. The third-order valence-corrected chi connectivity index (χ3v) is 8.88. The van der Waals surface area contributed by atoms with Gasteiger partial charge in [0.15, 0.2) is 17.4 Å². The summed E-state index contributed by atoms with van der Waals surface area (Å²) in [4.78, 5) is 37.6. The van der Waals surface area contributed by atoms with Crippen LogP contribution in [0.5, 0.6) is 5.88 Å². The van der Waals surface area contributed by atoms with Crippen LogP contribution in [0.2, 0.25) is 0 Å². The number of nitrogens with one attached hydrogen (secondary N) is 2. The van der Waals surface area contributed by atoms with Crippen molar-refractivity contribution in [3.63, 3.8) is 0 Å². The lowest BCUT2D eigenvalue weighted by Gasteiger charge is -2.30. The highest BCUT2D eigenvalue weighted by Crippen LogP contribution is 2.45. The Morgan fingerprint density at radius 2 is 1.64 bits per heavy atom. The molecule has 2 aromatic heterocycles. The van der Waals surface area contributed by atoms with Gasteiger partial charge in [-0.1, -0.05) is 27.7 Å². The highest BCUT2D eigenvalue weighted by Gasteiger charge is 2.54. The lowest BCUT2D eigenvalue weighted by Crippen LogP contribution is -2.46. The monoisotopic (exact) mass is 645 g/mol. The molecule has 0 spiro atoms. The third-order valence-electron chi connectivity index (χ3n) is 7.07. The van der Waals surface area contributed by atoms with E-state index in [-0.39, 0.29) is 47.7 Å². The molecule has 1 aliphatic rings. The summed E-state index contributed by atoms with van der Waals surface area (Å²) in [6.45, 7) is 8.27. The molecule has 1 fully saturated rings. The van der Waals surface area contributed by atoms with E-state index >= 15 is 0 Å². The Morgan fingerprint density at radius 1 is 1.09 bits per heavy atom. The molecule has 0 bridgehead atoms. The predicted molar refractivity (Wildman–Crippen MR) is 157 cm³/mol. The van der Waals surface area contributed by atoms with Crippen LogP contribution in [0.4, 0.5) is 5.95 Å². The summed E-state index contributed by atoms with van der Waals surface area (Å²) in [7, 11) is -0.496. The molecule has 0 aromatic carbocycles. The molecule has 6 N–H and O–H groups in total. The van der Waals surface area contributed by atoms with Crippen molar-refractivity contribution < 1.29 is 47.8 Å². The van der Waals surface area contributed by atoms with Crippen LogP contribution in [0.1, 0.15) is 53.7 Å². The van der Waals surface area contributed by atoms with Crippen molar-refractivity contribution >= 4 is 36.7 Å². The fourth-order valence-corrected chi connectivity index (χ4v) is 6.75. The van der Waals surface area contributed by atoms with E-state index in [1.807, 2.05) is 27.7 Å². The summed E-state index contributed by atoms with van der Waals surface area (Å²) in [5.41, 5.74) is 4.32. The minimum atomic E-state index is -4.28. The van der Waals surface area contributed by atoms with E-state index < -0.39 is 62.3 Å². The number of aliphatic hydroxyl groups excluding tert-OH is 1. The van der Waals surface area contributed by atoms with Gasteiger partial charge in [0.25, 0.3) is 0 Å². The normalized spacial score (nSPS) is 24.8. The van der Waals surface area contributed by atoms with E-state index in [0.29, 0.717) is 0 Å². The maximum atomic E-state index is 14.3. The second-order valence-electron chi connectivity index (χ2n) is 11.6. The number of imidazole rings is 1. The van der Waals surface area contributed by atoms with Crippen molar-refractivity contribution in [2.45, 2.75) is 83.6 Å². The average Bonchev–Trinajstić information content (AvgIpc) is 3.46. The topological polar surface area (TPSA) is 232 Å². The molecule has 18 heteroatoms. The maximum Gasteiger partial charge on any atom is 0.342 e.